The van der Waals surface area contributed by atoms with Gasteiger partial charge < -0.3 is 5.11 Å². The Labute approximate surface area is 142 Å². The Bertz CT molecular complexity index is 845. The van der Waals surface area contributed by atoms with Crippen molar-refractivity contribution < 1.29 is 14.7 Å². The molecule has 120 valence electrons. The number of amides is 1. The summed E-state index contributed by atoms with van der Waals surface area (Å²) in [4.78, 5) is 33.6. The Morgan fingerprint density at radius 3 is 2.50 bits per heavy atom. The van der Waals surface area contributed by atoms with Crippen LogP contribution < -0.4 is 0 Å². The van der Waals surface area contributed by atoms with Crippen LogP contribution >= 0.6 is 11.8 Å². The van der Waals surface area contributed by atoms with Gasteiger partial charge in [-0.2, -0.15) is 0 Å². The number of benzene rings is 1. The zero-order valence-electron chi connectivity index (χ0n) is 12.7. The number of rotatable bonds is 3. The summed E-state index contributed by atoms with van der Waals surface area (Å²) in [5, 5.41) is 9.45. The van der Waals surface area contributed by atoms with E-state index in [1.807, 2.05) is 12.1 Å². The van der Waals surface area contributed by atoms with Crippen LogP contribution in [0, 0.1) is 0 Å². The molecule has 1 fully saturated rings. The van der Waals surface area contributed by atoms with E-state index in [0.29, 0.717) is 15.8 Å². The summed E-state index contributed by atoms with van der Waals surface area (Å²) in [5.74, 6) is -1.11. The topological polar surface area (TPSA) is 82.9 Å². The lowest BCUT2D eigenvalue weighted by Crippen LogP contribution is -2.23. The van der Waals surface area contributed by atoms with Crippen LogP contribution in [-0.2, 0) is 4.79 Å². The van der Waals surface area contributed by atoms with Gasteiger partial charge in [-0.05, 0) is 59.8 Å². The van der Waals surface area contributed by atoms with Gasteiger partial charge >= 0.3 is 5.97 Å². The molecule has 0 aliphatic carbocycles. The highest BCUT2D eigenvalue weighted by Gasteiger charge is 2.30. The van der Waals surface area contributed by atoms with E-state index in [9.17, 15) is 9.59 Å². The molecule has 0 atom stereocenters. The number of nitrogens with zero attached hydrogens (tertiary/aromatic N) is 3. The van der Waals surface area contributed by atoms with Gasteiger partial charge in [-0.25, -0.2) is 9.79 Å². The normalized spacial score (nSPS) is 17.7. The van der Waals surface area contributed by atoms with Gasteiger partial charge in [0, 0.05) is 19.4 Å². The number of pyridine rings is 1. The van der Waals surface area contributed by atoms with Gasteiger partial charge in [0.25, 0.3) is 5.91 Å². The number of carboxylic acids is 1. The maximum absolute atomic E-state index is 12.3. The molecule has 0 bridgehead atoms. The number of hydrogen-bond donors (Lipinski definition) is 1. The minimum atomic E-state index is -0.987. The molecule has 24 heavy (non-hydrogen) atoms. The van der Waals surface area contributed by atoms with E-state index in [4.69, 9.17) is 5.11 Å². The summed E-state index contributed by atoms with van der Waals surface area (Å²) in [5.41, 5.74) is 1.68. The largest absolute Gasteiger partial charge is 0.478 e. The van der Waals surface area contributed by atoms with Gasteiger partial charge in [-0.15, -0.1) is 0 Å². The molecule has 1 aliphatic rings. The third-order valence-electron chi connectivity index (χ3n) is 3.35. The molecule has 1 amide bonds. The van der Waals surface area contributed by atoms with Gasteiger partial charge in [0.15, 0.2) is 5.17 Å². The number of likely N-dealkylation sites (N-methyl/N-ethyl adjacent to an activating group) is 1. The van der Waals surface area contributed by atoms with Gasteiger partial charge in [-0.1, -0.05) is 0 Å². The molecular formula is C17H13N3O3S. The zero-order valence-corrected chi connectivity index (χ0v) is 13.5. The number of carboxylic acid groups (broad SMARTS) is 1. The molecule has 7 heteroatoms. The second kappa shape index (κ2) is 6.67. The van der Waals surface area contributed by atoms with Gasteiger partial charge in [0.2, 0.25) is 0 Å². The second-order valence-electron chi connectivity index (χ2n) is 5.00. The van der Waals surface area contributed by atoms with E-state index in [1.54, 1.807) is 37.7 Å². The van der Waals surface area contributed by atoms with E-state index in [1.165, 1.54) is 28.8 Å². The molecule has 6 nitrogen and oxygen atoms in total. The molecule has 1 aromatic heterocycles. The second-order valence-corrected chi connectivity index (χ2v) is 6.01. The van der Waals surface area contributed by atoms with Crippen LogP contribution in [0.2, 0.25) is 0 Å². The zero-order chi connectivity index (χ0) is 17.1. The SMILES string of the molecule is CN1C(=O)/C(=C/c2ccncc2)SC1=Nc1ccc(C(=O)O)cc1. The number of thioether (sulfide) groups is 1. The lowest BCUT2D eigenvalue weighted by molar-refractivity contribution is -0.121. The molecule has 0 spiro atoms. The summed E-state index contributed by atoms with van der Waals surface area (Å²) < 4.78 is 0. The summed E-state index contributed by atoms with van der Waals surface area (Å²) >= 11 is 1.28. The Morgan fingerprint density at radius 1 is 1.21 bits per heavy atom. The number of aromatic carboxylic acids is 1. The molecule has 1 aromatic carbocycles. The average Bonchev–Trinajstić information content (AvgIpc) is 2.84. The van der Waals surface area contributed by atoms with Crippen molar-refractivity contribution in [3.63, 3.8) is 0 Å². The predicted molar refractivity (Wildman–Crippen MR) is 93.1 cm³/mol. The number of aromatic nitrogens is 1. The molecule has 2 aromatic rings. The van der Waals surface area contributed by atoms with Crippen LogP contribution in [0.15, 0.2) is 58.7 Å². The van der Waals surface area contributed by atoms with Gasteiger partial charge in [0.1, 0.15) is 0 Å². The van der Waals surface area contributed by atoms with E-state index in [0.717, 1.165) is 5.56 Å². The van der Waals surface area contributed by atoms with Crippen LogP contribution in [0.1, 0.15) is 15.9 Å². The molecular weight excluding hydrogens is 326 g/mol. The first-order valence-electron chi connectivity index (χ1n) is 7.04. The van der Waals surface area contributed by atoms with Crippen molar-refractivity contribution in [1.82, 2.24) is 9.88 Å². The van der Waals surface area contributed by atoms with Crippen LogP contribution in [-0.4, -0.2) is 39.1 Å². The minimum absolute atomic E-state index is 0.127. The van der Waals surface area contributed by atoms with E-state index < -0.39 is 5.97 Å². The van der Waals surface area contributed by atoms with Crippen LogP contribution in [0.25, 0.3) is 6.08 Å². The average molecular weight is 339 g/mol. The molecule has 0 saturated carbocycles. The van der Waals surface area contributed by atoms with Crippen LogP contribution in [0.4, 0.5) is 5.69 Å². The first-order chi connectivity index (χ1) is 11.5. The Kier molecular flexibility index (Phi) is 4.43. The fourth-order valence-corrected chi connectivity index (χ4v) is 3.04. The summed E-state index contributed by atoms with van der Waals surface area (Å²) in [6.45, 7) is 0. The van der Waals surface area contributed by atoms with Crippen molar-refractivity contribution in [1.29, 1.82) is 0 Å². The molecule has 3 rings (SSSR count). The smallest absolute Gasteiger partial charge is 0.335 e. The predicted octanol–water partition coefficient (Wildman–Crippen LogP) is 3.01. The van der Waals surface area contributed by atoms with Gasteiger partial charge in [0.05, 0.1) is 16.2 Å². The number of carbonyl (C=O) groups excluding carboxylic acids is 1. The fraction of sp³-hybridized carbons (Fsp3) is 0.0588. The highest BCUT2D eigenvalue weighted by atomic mass is 32.2. The lowest BCUT2D eigenvalue weighted by atomic mass is 10.2. The summed E-state index contributed by atoms with van der Waals surface area (Å²) in [6.07, 6.45) is 5.12. The van der Waals surface area contributed by atoms with E-state index in [2.05, 4.69) is 9.98 Å². The third kappa shape index (κ3) is 3.36. The number of amidine groups is 1. The number of aliphatic imine (C=N–C) groups is 1. The van der Waals surface area contributed by atoms with Crippen LogP contribution in [0.5, 0.6) is 0 Å². The third-order valence-corrected chi connectivity index (χ3v) is 4.41. The minimum Gasteiger partial charge on any atom is -0.478 e. The van der Waals surface area contributed by atoms with E-state index >= 15 is 0 Å². The maximum atomic E-state index is 12.3. The highest BCUT2D eigenvalue weighted by Crippen LogP contribution is 2.33. The summed E-state index contributed by atoms with van der Waals surface area (Å²) in [6, 6.07) is 9.83. The quantitative estimate of drug-likeness (QED) is 0.869. The maximum Gasteiger partial charge on any atom is 0.335 e. The van der Waals surface area contributed by atoms with Crippen molar-refractivity contribution in [2.75, 3.05) is 7.05 Å². The molecule has 1 aliphatic heterocycles. The molecule has 0 radical (unpaired) electrons. The Balaban J connectivity index is 1.86. The van der Waals surface area contributed by atoms with Crippen molar-refractivity contribution in [2.24, 2.45) is 4.99 Å². The Hall–Kier alpha value is -2.93. The van der Waals surface area contributed by atoms with E-state index in [-0.39, 0.29) is 11.5 Å². The molecule has 1 saturated heterocycles. The van der Waals surface area contributed by atoms with Crippen molar-refractivity contribution in [2.45, 2.75) is 0 Å². The van der Waals surface area contributed by atoms with Crippen molar-refractivity contribution >= 4 is 40.6 Å². The standard InChI is InChI=1S/C17H13N3O3S/c1-20-15(21)14(10-11-6-8-18-9-7-11)24-17(20)19-13-4-2-12(3-5-13)16(22)23/h2-10H,1H3,(H,22,23)/b14-10-,19-17?. The first kappa shape index (κ1) is 15.9. The Morgan fingerprint density at radius 2 is 1.88 bits per heavy atom. The first-order valence-corrected chi connectivity index (χ1v) is 7.86. The fourth-order valence-electron chi connectivity index (χ4n) is 2.05. The number of carbonyl (C=O) groups is 2. The number of hydrogen-bond acceptors (Lipinski definition) is 5. The van der Waals surface area contributed by atoms with Crippen molar-refractivity contribution in [3.8, 4) is 0 Å². The van der Waals surface area contributed by atoms with Crippen molar-refractivity contribution in [3.05, 3.63) is 64.8 Å². The molecule has 0 unspecified atom stereocenters. The highest BCUT2D eigenvalue weighted by molar-refractivity contribution is 8.18. The lowest BCUT2D eigenvalue weighted by Gasteiger charge is -2.07. The summed E-state index contributed by atoms with van der Waals surface area (Å²) in [7, 11) is 1.66. The monoisotopic (exact) mass is 339 g/mol. The molecule has 1 N–H and O–H groups in total. The molecule has 2 heterocycles. The van der Waals surface area contributed by atoms with Gasteiger partial charge in [-0.3, -0.25) is 14.7 Å². The van der Waals surface area contributed by atoms with Crippen LogP contribution in [0.3, 0.4) is 0 Å².